The highest BCUT2D eigenvalue weighted by molar-refractivity contribution is 6.30. The molecule has 8 heteroatoms. The van der Waals surface area contributed by atoms with Gasteiger partial charge in [0.05, 0.1) is 0 Å². The number of benzene rings is 2. The number of hydrogen-bond donors (Lipinski definition) is 1. The fourth-order valence-electron chi connectivity index (χ4n) is 3.67. The quantitative estimate of drug-likeness (QED) is 0.470. The Bertz CT molecular complexity index is 998. The molecule has 1 N–H and O–H groups in total. The summed E-state index contributed by atoms with van der Waals surface area (Å²) < 4.78 is 5.39. The zero-order valence-corrected chi connectivity index (χ0v) is 18.4. The molecule has 0 unspecified atom stereocenters. The number of nitrogens with one attached hydrogen (secondary N) is 1. The summed E-state index contributed by atoms with van der Waals surface area (Å²) in [5.74, 6) is 2.05. The van der Waals surface area contributed by atoms with E-state index in [1.807, 2.05) is 31.3 Å². The lowest BCUT2D eigenvalue weighted by molar-refractivity contribution is 0.172. The van der Waals surface area contributed by atoms with Crippen molar-refractivity contribution >= 4 is 17.6 Å². The Morgan fingerprint density at radius 2 is 1.90 bits per heavy atom. The molecular weight excluding hydrogens is 412 g/mol. The predicted molar refractivity (Wildman–Crippen MR) is 123 cm³/mol. The molecule has 1 saturated heterocycles. The molecule has 1 aliphatic rings. The fourth-order valence-corrected chi connectivity index (χ4v) is 3.86. The standard InChI is InChI=1S/C23H27ClN6O/c1-25-23(30-14-12-29(13-15-30)17-18-6-3-2-4-7-18)26-11-10-21-27-22(28-31-21)19-8-5-9-20(24)16-19/h2-9,16H,10-15,17H2,1H3,(H,25,26). The van der Waals surface area contributed by atoms with Crippen molar-refractivity contribution in [3.63, 3.8) is 0 Å². The van der Waals surface area contributed by atoms with E-state index in [1.54, 1.807) is 0 Å². The molecule has 1 aliphatic heterocycles. The molecule has 0 aliphatic carbocycles. The highest BCUT2D eigenvalue weighted by atomic mass is 35.5. The molecule has 4 rings (SSSR count). The molecule has 0 radical (unpaired) electrons. The third-order valence-corrected chi connectivity index (χ3v) is 5.54. The molecule has 31 heavy (non-hydrogen) atoms. The van der Waals surface area contributed by atoms with Crippen LogP contribution in [0.2, 0.25) is 5.02 Å². The summed E-state index contributed by atoms with van der Waals surface area (Å²) in [5, 5.41) is 8.13. The van der Waals surface area contributed by atoms with Gasteiger partial charge >= 0.3 is 0 Å². The van der Waals surface area contributed by atoms with E-state index in [0.717, 1.165) is 44.2 Å². The molecule has 0 spiro atoms. The van der Waals surface area contributed by atoms with E-state index in [9.17, 15) is 0 Å². The van der Waals surface area contributed by atoms with Crippen molar-refractivity contribution in [3.05, 3.63) is 71.1 Å². The van der Waals surface area contributed by atoms with Gasteiger partial charge in [0, 0.05) is 63.3 Å². The maximum Gasteiger partial charge on any atom is 0.228 e. The second-order valence-electron chi connectivity index (χ2n) is 7.49. The minimum atomic E-state index is 0.552. The zero-order chi connectivity index (χ0) is 21.5. The minimum Gasteiger partial charge on any atom is -0.356 e. The van der Waals surface area contributed by atoms with E-state index in [1.165, 1.54) is 5.56 Å². The van der Waals surface area contributed by atoms with Gasteiger partial charge in [-0.05, 0) is 17.7 Å². The van der Waals surface area contributed by atoms with Crippen LogP contribution in [0.15, 0.2) is 64.1 Å². The summed E-state index contributed by atoms with van der Waals surface area (Å²) in [6.45, 7) is 5.60. The van der Waals surface area contributed by atoms with Gasteiger partial charge in [0.25, 0.3) is 0 Å². The first-order chi connectivity index (χ1) is 15.2. The first-order valence-corrected chi connectivity index (χ1v) is 10.9. The van der Waals surface area contributed by atoms with E-state index in [-0.39, 0.29) is 0 Å². The summed E-state index contributed by atoms with van der Waals surface area (Å²) >= 11 is 6.04. The van der Waals surface area contributed by atoms with Crippen LogP contribution in [0.3, 0.4) is 0 Å². The van der Waals surface area contributed by atoms with Crippen LogP contribution in [0.1, 0.15) is 11.5 Å². The van der Waals surface area contributed by atoms with Gasteiger partial charge in [0.15, 0.2) is 5.96 Å². The number of nitrogens with zero attached hydrogens (tertiary/aromatic N) is 5. The Kier molecular flexibility index (Phi) is 7.17. The number of piperazine rings is 1. The summed E-state index contributed by atoms with van der Waals surface area (Å²) in [5.41, 5.74) is 2.20. The Labute approximate surface area is 187 Å². The first kappa shape index (κ1) is 21.3. The van der Waals surface area contributed by atoms with Crippen LogP contribution < -0.4 is 5.32 Å². The SMILES string of the molecule is CN=C(NCCc1nc(-c2cccc(Cl)c2)no1)N1CCN(Cc2ccccc2)CC1. The van der Waals surface area contributed by atoms with Crippen LogP contribution in [0.4, 0.5) is 0 Å². The lowest BCUT2D eigenvalue weighted by atomic mass is 10.2. The van der Waals surface area contributed by atoms with Gasteiger partial charge in [-0.25, -0.2) is 0 Å². The molecule has 162 valence electrons. The molecule has 0 saturated carbocycles. The molecular formula is C23H27ClN6O. The predicted octanol–water partition coefficient (Wildman–Crippen LogP) is 3.33. The summed E-state index contributed by atoms with van der Waals surface area (Å²) in [6.07, 6.45) is 0.626. The van der Waals surface area contributed by atoms with Crippen LogP contribution in [-0.2, 0) is 13.0 Å². The van der Waals surface area contributed by atoms with Gasteiger partial charge in [-0.3, -0.25) is 9.89 Å². The largest absolute Gasteiger partial charge is 0.356 e. The maximum atomic E-state index is 6.04. The summed E-state index contributed by atoms with van der Waals surface area (Å²) in [4.78, 5) is 13.7. The fraction of sp³-hybridized carbons (Fsp3) is 0.348. The minimum absolute atomic E-state index is 0.552. The molecule has 0 atom stereocenters. The number of halogens is 1. The van der Waals surface area contributed by atoms with Crippen molar-refractivity contribution in [2.24, 2.45) is 4.99 Å². The number of guanidine groups is 1. The maximum absolute atomic E-state index is 6.04. The smallest absolute Gasteiger partial charge is 0.228 e. The molecule has 1 aromatic heterocycles. The van der Waals surface area contributed by atoms with Crippen molar-refractivity contribution in [2.45, 2.75) is 13.0 Å². The highest BCUT2D eigenvalue weighted by Gasteiger charge is 2.19. The van der Waals surface area contributed by atoms with Crippen LogP contribution in [-0.4, -0.2) is 65.7 Å². The van der Waals surface area contributed by atoms with Gasteiger partial charge < -0.3 is 14.7 Å². The second kappa shape index (κ2) is 10.4. The van der Waals surface area contributed by atoms with Crippen molar-refractivity contribution in [2.75, 3.05) is 39.8 Å². The van der Waals surface area contributed by atoms with Crippen molar-refractivity contribution in [1.82, 2.24) is 25.3 Å². The van der Waals surface area contributed by atoms with Gasteiger partial charge in [-0.1, -0.05) is 59.2 Å². The van der Waals surface area contributed by atoms with Gasteiger partial charge in [0.1, 0.15) is 0 Å². The van der Waals surface area contributed by atoms with E-state index < -0.39 is 0 Å². The Morgan fingerprint density at radius 3 is 2.65 bits per heavy atom. The first-order valence-electron chi connectivity index (χ1n) is 10.5. The average Bonchev–Trinajstić information content (AvgIpc) is 3.27. The number of hydrogen-bond acceptors (Lipinski definition) is 5. The van der Waals surface area contributed by atoms with E-state index in [0.29, 0.717) is 29.7 Å². The third kappa shape index (κ3) is 5.83. The molecule has 0 amide bonds. The normalized spacial score (nSPS) is 15.3. The van der Waals surface area contributed by atoms with E-state index in [4.69, 9.17) is 16.1 Å². The van der Waals surface area contributed by atoms with E-state index in [2.05, 4.69) is 60.6 Å². The van der Waals surface area contributed by atoms with Gasteiger partial charge in [-0.15, -0.1) is 0 Å². The second-order valence-corrected chi connectivity index (χ2v) is 7.93. The van der Waals surface area contributed by atoms with Crippen LogP contribution >= 0.6 is 11.6 Å². The Hall–Kier alpha value is -2.90. The van der Waals surface area contributed by atoms with Gasteiger partial charge in [-0.2, -0.15) is 4.98 Å². The molecule has 1 fully saturated rings. The van der Waals surface area contributed by atoms with Crippen molar-refractivity contribution < 1.29 is 4.52 Å². The van der Waals surface area contributed by atoms with E-state index >= 15 is 0 Å². The van der Waals surface area contributed by atoms with Crippen molar-refractivity contribution in [3.8, 4) is 11.4 Å². The molecule has 0 bridgehead atoms. The van der Waals surface area contributed by atoms with Crippen LogP contribution in [0.5, 0.6) is 0 Å². The Balaban J connectivity index is 1.23. The number of rotatable bonds is 6. The average molecular weight is 439 g/mol. The Morgan fingerprint density at radius 1 is 1.10 bits per heavy atom. The topological polar surface area (TPSA) is 69.8 Å². The number of aromatic nitrogens is 2. The van der Waals surface area contributed by atoms with Crippen LogP contribution in [0.25, 0.3) is 11.4 Å². The lowest BCUT2D eigenvalue weighted by Crippen LogP contribution is -2.52. The number of aliphatic imine (C=N–C) groups is 1. The summed E-state index contributed by atoms with van der Waals surface area (Å²) in [7, 11) is 1.82. The molecule has 7 nitrogen and oxygen atoms in total. The third-order valence-electron chi connectivity index (χ3n) is 5.31. The molecule has 3 aromatic rings. The zero-order valence-electron chi connectivity index (χ0n) is 17.7. The summed E-state index contributed by atoms with van der Waals surface area (Å²) in [6, 6.07) is 18.1. The van der Waals surface area contributed by atoms with Crippen LogP contribution in [0, 0.1) is 0 Å². The molecule has 2 heterocycles. The van der Waals surface area contributed by atoms with Crippen molar-refractivity contribution in [1.29, 1.82) is 0 Å². The molecule has 2 aromatic carbocycles. The van der Waals surface area contributed by atoms with Gasteiger partial charge in [0.2, 0.25) is 11.7 Å². The lowest BCUT2D eigenvalue weighted by Gasteiger charge is -2.36. The highest BCUT2D eigenvalue weighted by Crippen LogP contribution is 2.20. The monoisotopic (exact) mass is 438 g/mol.